The predicted octanol–water partition coefficient (Wildman–Crippen LogP) is 2.74. The van der Waals surface area contributed by atoms with Crippen molar-refractivity contribution >= 4 is 32.4 Å². The second kappa shape index (κ2) is 8.76. The number of nitriles is 1. The van der Waals surface area contributed by atoms with Crippen molar-refractivity contribution in [2.24, 2.45) is 0 Å². The fraction of sp³-hybridized carbons (Fsp3) is 0.136. The van der Waals surface area contributed by atoms with Crippen LogP contribution in [0.2, 0.25) is 0 Å². The lowest BCUT2D eigenvalue weighted by Crippen LogP contribution is -2.11. The van der Waals surface area contributed by atoms with E-state index in [4.69, 9.17) is 5.73 Å². The van der Waals surface area contributed by atoms with Crippen LogP contribution in [-0.2, 0) is 16.3 Å². The van der Waals surface area contributed by atoms with Crippen LogP contribution >= 0.6 is 0 Å². The normalized spacial score (nSPS) is 11.3. The Labute approximate surface area is 189 Å². The summed E-state index contributed by atoms with van der Waals surface area (Å²) in [5.74, 6) is -0.0390. The Bertz CT molecular complexity index is 1520. The molecular formula is C22H18FN7O2S. The third-order valence-electron chi connectivity index (χ3n) is 4.88. The highest BCUT2D eigenvalue weighted by molar-refractivity contribution is 7.90. The predicted molar refractivity (Wildman–Crippen MR) is 121 cm³/mol. The summed E-state index contributed by atoms with van der Waals surface area (Å²) in [5.41, 5.74) is 8.03. The van der Waals surface area contributed by atoms with Crippen LogP contribution in [0.25, 0.3) is 22.2 Å². The van der Waals surface area contributed by atoms with E-state index < -0.39 is 15.7 Å². The second-order valence-electron chi connectivity index (χ2n) is 7.22. The lowest BCUT2D eigenvalue weighted by Gasteiger charge is -2.13. The molecule has 0 spiro atoms. The molecule has 0 fully saturated rings. The molecule has 166 valence electrons. The van der Waals surface area contributed by atoms with Crippen LogP contribution in [0.4, 0.5) is 16.0 Å². The summed E-state index contributed by atoms with van der Waals surface area (Å²) >= 11 is 0. The van der Waals surface area contributed by atoms with Gasteiger partial charge in [0, 0.05) is 30.2 Å². The summed E-state index contributed by atoms with van der Waals surface area (Å²) in [5, 5.41) is 12.8. The minimum Gasteiger partial charge on any atom is -0.382 e. The van der Waals surface area contributed by atoms with E-state index in [-0.39, 0.29) is 16.4 Å². The molecule has 3 heterocycles. The number of nitrogens with two attached hydrogens (primary N) is 1. The van der Waals surface area contributed by atoms with Gasteiger partial charge in [0.15, 0.2) is 14.9 Å². The van der Waals surface area contributed by atoms with Crippen molar-refractivity contribution in [1.82, 2.24) is 19.9 Å². The molecule has 0 amide bonds. The molecular weight excluding hydrogens is 445 g/mol. The average molecular weight is 463 g/mol. The maximum Gasteiger partial charge on any atom is 0.192 e. The summed E-state index contributed by atoms with van der Waals surface area (Å²) in [7, 11) is -3.52. The lowest BCUT2D eigenvalue weighted by molar-refractivity contribution is 0.598. The quantitative estimate of drug-likeness (QED) is 0.440. The summed E-state index contributed by atoms with van der Waals surface area (Å²) in [6, 6.07) is 12.6. The first-order chi connectivity index (χ1) is 15.8. The van der Waals surface area contributed by atoms with Crippen LogP contribution in [0.15, 0.2) is 53.8 Å². The highest BCUT2D eigenvalue weighted by atomic mass is 32.2. The number of pyridine rings is 2. The molecule has 0 aliphatic heterocycles. The smallest absolute Gasteiger partial charge is 0.192 e. The molecule has 0 atom stereocenters. The van der Waals surface area contributed by atoms with Crippen LogP contribution in [0.3, 0.4) is 0 Å². The zero-order valence-electron chi connectivity index (χ0n) is 17.4. The zero-order chi connectivity index (χ0) is 23.6. The standard InChI is InChI=1S/C22H18FN7O2S/c1-33(31,32)20-4-2-3-18(30-20)15-10-13-9-14(23)5-6-17(13)29-19(15)7-8-26-22-16(11-24)21(25)27-12-28-22/h2-6,9-10,12H,7-8H2,1H3,(H3,25,26,27,28). The number of aromatic nitrogens is 4. The Morgan fingerprint density at radius 3 is 2.73 bits per heavy atom. The summed E-state index contributed by atoms with van der Waals surface area (Å²) in [6.45, 7) is 0.337. The van der Waals surface area contributed by atoms with Crippen molar-refractivity contribution in [3.8, 4) is 17.3 Å². The Kier molecular flexibility index (Phi) is 5.85. The molecule has 0 radical (unpaired) electrons. The van der Waals surface area contributed by atoms with Gasteiger partial charge in [0.2, 0.25) is 0 Å². The lowest BCUT2D eigenvalue weighted by atomic mass is 10.0. The van der Waals surface area contributed by atoms with Crippen molar-refractivity contribution in [3.05, 3.63) is 65.9 Å². The van der Waals surface area contributed by atoms with Crippen LogP contribution in [-0.4, -0.2) is 41.2 Å². The third kappa shape index (κ3) is 4.70. The molecule has 11 heteroatoms. The van der Waals surface area contributed by atoms with E-state index in [1.807, 2.05) is 6.07 Å². The van der Waals surface area contributed by atoms with Crippen molar-refractivity contribution in [2.45, 2.75) is 11.4 Å². The number of nitrogens with zero attached hydrogens (tertiary/aromatic N) is 5. The van der Waals surface area contributed by atoms with Gasteiger partial charge in [-0.1, -0.05) is 6.07 Å². The molecule has 0 saturated heterocycles. The second-order valence-corrected chi connectivity index (χ2v) is 9.19. The van der Waals surface area contributed by atoms with E-state index >= 15 is 0 Å². The minimum absolute atomic E-state index is 0.0708. The number of fused-ring (bicyclic) bond motifs is 1. The van der Waals surface area contributed by atoms with E-state index in [1.165, 1.54) is 24.5 Å². The fourth-order valence-corrected chi connectivity index (χ4v) is 3.90. The Hall–Kier alpha value is -4.17. The molecule has 1 aromatic carbocycles. The highest BCUT2D eigenvalue weighted by Crippen LogP contribution is 2.27. The number of halogens is 1. The maximum absolute atomic E-state index is 13.8. The van der Waals surface area contributed by atoms with Gasteiger partial charge in [0.25, 0.3) is 0 Å². The molecule has 4 rings (SSSR count). The molecule has 3 N–H and O–H groups in total. The Morgan fingerprint density at radius 1 is 1.15 bits per heavy atom. The molecule has 0 saturated carbocycles. The van der Waals surface area contributed by atoms with Gasteiger partial charge in [-0.15, -0.1) is 0 Å². The van der Waals surface area contributed by atoms with Gasteiger partial charge >= 0.3 is 0 Å². The van der Waals surface area contributed by atoms with Gasteiger partial charge in [-0.05, 0) is 36.4 Å². The summed E-state index contributed by atoms with van der Waals surface area (Å²) < 4.78 is 37.8. The third-order valence-corrected chi connectivity index (χ3v) is 5.86. The first-order valence-corrected chi connectivity index (χ1v) is 11.7. The monoisotopic (exact) mass is 463 g/mol. The van der Waals surface area contributed by atoms with E-state index in [1.54, 1.807) is 24.3 Å². The first kappa shape index (κ1) is 22.0. The van der Waals surface area contributed by atoms with Crippen LogP contribution in [0.5, 0.6) is 0 Å². The number of hydrogen-bond acceptors (Lipinski definition) is 9. The molecule has 0 bridgehead atoms. The zero-order valence-corrected chi connectivity index (χ0v) is 18.3. The first-order valence-electron chi connectivity index (χ1n) is 9.77. The number of rotatable bonds is 6. The topological polar surface area (TPSA) is 148 Å². The fourth-order valence-electron chi connectivity index (χ4n) is 3.31. The van der Waals surface area contributed by atoms with Crippen molar-refractivity contribution < 1.29 is 12.8 Å². The van der Waals surface area contributed by atoms with Crippen LogP contribution in [0.1, 0.15) is 11.3 Å². The van der Waals surface area contributed by atoms with Crippen molar-refractivity contribution in [1.29, 1.82) is 5.26 Å². The Balaban J connectivity index is 1.74. The van der Waals surface area contributed by atoms with Gasteiger partial charge in [-0.3, -0.25) is 4.98 Å². The number of benzene rings is 1. The highest BCUT2D eigenvalue weighted by Gasteiger charge is 2.15. The molecule has 3 aromatic heterocycles. The van der Waals surface area contributed by atoms with Gasteiger partial charge < -0.3 is 11.1 Å². The molecule has 0 unspecified atom stereocenters. The van der Waals surface area contributed by atoms with Gasteiger partial charge in [-0.2, -0.15) is 5.26 Å². The van der Waals surface area contributed by atoms with Crippen LogP contribution in [0, 0.1) is 17.1 Å². The molecule has 9 nitrogen and oxygen atoms in total. The SMILES string of the molecule is CS(=O)(=O)c1cccc(-c2cc3cc(F)ccc3nc2CCNc2ncnc(N)c2C#N)n1. The van der Waals surface area contributed by atoms with E-state index in [0.29, 0.717) is 46.6 Å². The Morgan fingerprint density at radius 2 is 1.97 bits per heavy atom. The average Bonchev–Trinajstić information content (AvgIpc) is 2.78. The number of nitrogens with one attached hydrogen (secondary N) is 1. The van der Waals surface area contributed by atoms with E-state index in [0.717, 1.165) is 6.26 Å². The largest absolute Gasteiger partial charge is 0.382 e. The summed E-state index contributed by atoms with van der Waals surface area (Å²) in [6.07, 6.45) is 2.72. The number of sulfone groups is 1. The number of nitrogen functional groups attached to an aromatic ring is 1. The van der Waals surface area contributed by atoms with Crippen LogP contribution < -0.4 is 11.1 Å². The van der Waals surface area contributed by atoms with Crippen molar-refractivity contribution in [2.75, 3.05) is 23.9 Å². The molecule has 4 aromatic rings. The molecule has 0 aliphatic rings. The van der Waals surface area contributed by atoms with E-state index in [9.17, 15) is 18.1 Å². The van der Waals surface area contributed by atoms with Gasteiger partial charge in [0.05, 0.1) is 16.9 Å². The number of hydrogen-bond donors (Lipinski definition) is 2. The van der Waals surface area contributed by atoms with Gasteiger partial charge in [0.1, 0.15) is 35.4 Å². The van der Waals surface area contributed by atoms with Crippen molar-refractivity contribution in [3.63, 3.8) is 0 Å². The molecule has 0 aliphatic carbocycles. The van der Waals surface area contributed by atoms with E-state index in [2.05, 4.69) is 25.3 Å². The summed E-state index contributed by atoms with van der Waals surface area (Å²) in [4.78, 5) is 16.8. The van der Waals surface area contributed by atoms with Gasteiger partial charge in [-0.25, -0.2) is 27.8 Å². The molecule has 33 heavy (non-hydrogen) atoms. The number of anilines is 2. The minimum atomic E-state index is -3.52. The maximum atomic E-state index is 13.8.